The Balaban J connectivity index is 2.13. The van der Waals surface area contributed by atoms with E-state index in [1.807, 2.05) is 26.0 Å². The lowest BCUT2D eigenvalue weighted by Crippen LogP contribution is -2.34. The quantitative estimate of drug-likeness (QED) is 0.708. The minimum Gasteiger partial charge on any atom is -0.455 e. The maximum atomic E-state index is 13.1. The fraction of sp³-hybridized carbons (Fsp3) is 0.409. The highest BCUT2D eigenvalue weighted by Gasteiger charge is 2.22. The van der Waals surface area contributed by atoms with Crippen molar-refractivity contribution < 1.29 is 13.9 Å². The summed E-state index contributed by atoms with van der Waals surface area (Å²) in [5.74, 6) is 0.477. The van der Waals surface area contributed by atoms with Crippen molar-refractivity contribution in [1.82, 2.24) is 15.1 Å². The number of carbonyl (C=O) groups is 1. The largest absolute Gasteiger partial charge is 0.455 e. The van der Waals surface area contributed by atoms with Crippen LogP contribution in [-0.4, -0.2) is 21.5 Å². The number of hydrogen-bond acceptors (Lipinski definition) is 5. The van der Waals surface area contributed by atoms with Crippen LogP contribution in [0.15, 0.2) is 33.7 Å². The van der Waals surface area contributed by atoms with Gasteiger partial charge in [0.2, 0.25) is 0 Å². The minimum absolute atomic E-state index is 0.0977. The third-order valence-electron chi connectivity index (χ3n) is 4.56. The first-order chi connectivity index (χ1) is 13.5. The van der Waals surface area contributed by atoms with Gasteiger partial charge in [-0.2, -0.15) is 5.10 Å². The van der Waals surface area contributed by atoms with E-state index in [1.54, 1.807) is 51.8 Å². The van der Waals surface area contributed by atoms with Crippen molar-refractivity contribution in [2.24, 2.45) is 7.05 Å². The number of fused-ring (bicyclic) bond motifs is 1. The van der Waals surface area contributed by atoms with Gasteiger partial charge in [-0.1, -0.05) is 6.07 Å². The monoisotopic (exact) mass is 397 g/mol. The molecule has 0 aliphatic heterocycles. The lowest BCUT2D eigenvalue weighted by molar-refractivity contribution is 0.0508. The molecule has 3 aromatic rings. The van der Waals surface area contributed by atoms with E-state index in [9.17, 15) is 9.59 Å². The van der Waals surface area contributed by atoms with Crippen molar-refractivity contribution in [3.05, 3.63) is 51.4 Å². The molecule has 0 fully saturated rings. The minimum atomic E-state index is -0.602. The highest BCUT2D eigenvalue weighted by Crippen LogP contribution is 2.30. The Morgan fingerprint density at radius 2 is 1.97 bits per heavy atom. The van der Waals surface area contributed by atoms with Crippen LogP contribution in [0.4, 0.5) is 4.79 Å². The molecule has 1 amide bonds. The third kappa shape index (κ3) is 4.34. The summed E-state index contributed by atoms with van der Waals surface area (Å²) in [6, 6.07) is 3.31. The number of ether oxygens (including phenoxy) is 1. The van der Waals surface area contributed by atoms with E-state index in [0.717, 1.165) is 11.1 Å². The summed E-state index contributed by atoms with van der Waals surface area (Å²) in [5.41, 5.74) is 2.63. The number of amides is 1. The fourth-order valence-electron chi connectivity index (χ4n) is 3.27. The number of nitrogens with zero attached hydrogens (tertiary/aromatic N) is 2. The van der Waals surface area contributed by atoms with Crippen LogP contribution < -0.4 is 10.7 Å². The molecule has 0 radical (unpaired) electrons. The second-order valence-corrected chi connectivity index (χ2v) is 8.39. The second-order valence-electron chi connectivity index (χ2n) is 8.39. The summed E-state index contributed by atoms with van der Waals surface area (Å²) in [6.45, 7) is 10.9. The van der Waals surface area contributed by atoms with E-state index in [4.69, 9.17) is 9.15 Å². The molecule has 1 atom stereocenters. The standard InChI is InChI=1S/C22H27N3O4/c1-12-8-16(14(3)24-21(27)29-22(4,5)6)20-17(9-12)18(26)13(2)19(28-20)15-10-23-25(7)11-15/h8-11,14H,1-7H3,(H,24,27)/t14-/m1/s1. The van der Waals surface area contributed by atoms with Crippen LogP contribution in [0, 0.1) is 13.8 Å². The molecule has 3 rings (SSSR count). The summed E-state index contributed by atoms with van der Waals surface area (Å²) in [4.78, 5) is 25.3. The SMILES string of the molecule is Cc1cc([C@@H](C)NC(=O)OC(C)(C)C)c2oc(-c3cnn(C)c3)c(C)c(=O)c2c1. The Morgan fingerprint density at radius 1 is 1.28 bits per heavy atom. The van der Waals surface area contributed by atoms with Crippen molar-refractivity contribution >= 4 is 17.1 Å². The van der Waals surface area contributed by atoms with Gasteiger partial charge in [0.05, 0.1) is 23.2 Å². The summed E-state index contributed by atoms with van der Waals surface area (Å²) in [7, 11) is 1.81. The number of alkyl carbamates (subject to hydrolysis) is 1. The molecular formula is C22H27N3O4. The van der Waals surface area contributed by atoms with Crippen molar-refractivity contribution in [1.29, 1.82) is 0 Å². The lowest BCUT2D eigenvalue weighted by atomic mass is 9.99. The normalized spacial score (nSPS) is 12.8. The number of nitrogens with one attached hydrogen (secondary N) is 1. The zero-order valence-electron chi connectivity index (χ0n) is 17.9. The topological polar surface area (TPSA) is 86.4 Å². The summed E-state index contributed by atoms with van der Waals surface area (Å²) < 4.78 is 13.2. The van der Waals surface area contributed by atoms with Gasteiger partial charge in [0.1, 0.15) is 16.9 Å². The second kappa shape index (κ2) is 7.39. The maximum Gasteiger partial charge on any atom is 0.408 e. The van der Waals surface area contributed by atoms with E-state index >= 15 is 0 Å². The van der Waals surface area contributed by atoms with Gasteiger partial charge in [0.25, 0.3) is 0 Å². The first-order valence-corrected chi connectivity index (χ1v) is 9.53. The molecule has 7 heteroatoms. The van der Waals surface area contributed by atoms with Crippen LogP contribution in [0.2, 0.25) is 0 Å². The number of hydrogen-bond donors (Lipinski definition) is 1. The van der Waals surface area contributed by atoms with E-state index < -0.39 is 17.7 Å². The molecule has 0 spiro atoms. The highest BCUT2D eigenvalue weighted by molar-refractivity contribution is 5.84. The smallest absolute Gasteiger partial charge is 0.408 e. The van der Waals surface area contributed by atoms with Gasteiger partial charge in [-0.3, -0.25) is 9.48 Å². The molecule has 2 heterocycles. The Bertz CT molecular complexity index is 1140. The average Bonchev–Trinajstić information content (AvgIpc) is 3.02. The fourth-order valence-corrected chi connectivity index (χ4v) is 3.27. The van der Waals surface area contributed by atoms with Crippen LogP contribution in [0.25, 0.3) is 22.3 Å². The highest BCUT2D eigenvalue weighted by atomic mass is 16.6. The first-order valence-electron chi connectivity index (χ1n) is 9.53. The molecule has 0 aliphatic rings. The Labute approximate surface area is 169 Å². The molecule has 2 aromatic heterocycles. The van der Waals surface area contributed by atoms with E-state index in [1.165, 1.54) is 0 Å². The molecule has 0 bridgehead atoms. The zero-order chi connectivity index (χ0) is 21.5. The van der Waals surface area contributed by atoms with Gasteiger partial charge in [-0.05, 0) is 53.2 Å². The Hall–Kier alpha value is -3.09. The van der Waals surface area contributed by atoms with Crippen molar-refractivity contribution in [3.63, 3.8) is 0 Å². The summed E-state index contributed by atoms with van der Waals surface area (Å²) >= 11 is 0. The van der Waals surface area contributed by atoms with Crippen LogP contribution in [0.1, 0.15) is 50.4 Å². The van der Waals surface area contributed by atoms with Crippen LogP contribution in [0.3, 0.4) is 0 Å². The predicted molar refractivity (Wildman–Crippen MR) is 112 cm³/mol. The molecule has 1 aromatic carbocycles. The van der Waals surface area contributed by atoms with Crippen LogP contribution >= 0.6 is 0 Å². The van der Waals surface area contributed by atoms with E-state index in [0.29, 0.717) is 27.9 Å². The van der Waals surface area contributed by atoms with Crippen molar-refractivity contribution in [2.75, 3.05) is 0 Å². The number of aromatic nitrogens is 2. The van der Waals surface area contributed by atoms with E-state index in [-0.39, 0.29) is 5.43 Å². The Morgan fingerprint density at radius 3 is 2.55 bits per heavy atom. The molecular weight excluding hydrogens is 370 g/mol. The number of aryl methyl sites for hydroxylation is 2. The number of benzene rings is 1. The zero-order valence-corrected chi connectivity index (χ0v) is 17.9. The molecule has 29 heavy (non-hydrogen) atoms. The molecule has 0 aliphatic carbocycles. The predicted octanol–water partition coefficient (Wildman–Crippen LogP) is 4.40. The van der Waals surface area contributed by atoms with Crippen molar-refractivity contribution in [2.45, 2.75) is 53.2 Å². The molecule has 7 nitrogen and oxygen atoms in total. The van der Waals surface area contributed by atoms with Gasteiger partial charge in [0.15, 0.2) is 5.43 Å². The van der Waals surface area contributed by atoms with Crippen LogP contribution in [0.5, 0.6) is 0 Å². The lowest BCUT2D eigenvalue weighted by Gasteiger charge is -2.22. The van der Waals surface area contributed by atoms with Gasteiger partial charge in [-0.25, -0.2) is 4.79 Å². The first kappa shape index (κ1) is 20.6. The summed E-state index contributed by atoms with van der Waals surface area (Å²) in [6.07, 6.45) is 2.93. The molecule has 0 saturated carbocycles. The maximum absolute atomic E-state index is 13.1. The van der Waals surface area contributed by atoms with Gasteiger partial charge in [0, 0.05) is 24.4 Å². The molecule has 0 unspecified atom stereocenters. The molecule has 0 saturated heterocycles. The van der Waals surface area contributed by atoms with Gasteiger partial charge < -0.3 is 14.5 Å². The molecule has 1 N–H and O–H groups in total. The summed E-state index contributed by atoms with van der Waals surface area (Å²) in [5, 5.41) is 7.49. The van der Waals surface area contributed by atoms with Crippen LogP contribution in [-0.2, 0) is 11.8 Å². The average molecular weight is 397 g/mol. The van der Waals surface area contributed by atoms with E-state index in [2.05, 4.69) is 10.4 Å². The number of carbonyl (C=O) groups excluding carboxylic acids is 1. The van der Waals surface area contributed by atoms with Gasteiger partial charge >= 0.3 is 6.09 Å². The Kier molecular flexibility index (Phi) is 5.26. The molecule has 154 valence electrons. The number of rotatable bonds is 3. The van der Waals surface area contributed by atoms with Crippen molar-refractivity contribution in [3.8, 4) is 11.3 Å². The third-order valence-corrected chi connectivity index (χ3v) is 4.56. The van der Waals surface area contributed by atoms with Gasteiger partial charge in [-0.15, -0.1) is 0 Å².